The van der Waals surface area contributed by atoms with Gasteiger partial charge in [-0.3, -0.25) is 0 Å². The Kier molecular flexibility index (Phi) is 3.49. The molecule has 0 aromatic carbocycles. The second-order valence-corrected chi connectivity index (χ2v) is 6.01. The molecule has 19 heavy (non-hydrogen) atoms. The molecule has 1 aliphatic carbocycles. The van der Waals surface area contributed by atoms with Gasteiger partial charge in [0, 0.05) is 13.1 Å². The molecule has 1 aromatic rings. The smallest absolute Gasteiger partial charge is 0.239 e. The summed E-state index contributed by atoms with van der Waals surface area (Å²) < 4.78 is 5.76. The number of rotatable bonds is 4. The highest BCUT2D eigenvalue weighted by atomic mass is 16.5. The van der Waals surface area contributed by atoms with Gasteiger partial charge in [-0.2, -0.15) is 4.98 Å². The lowest BCUT2D eigenvalue weighted by atomic mass is 10.0. The van der Waals surface area contributed by atoms with Crippen molar-refractivity contribution in [3.8, 4) is 5.88 Å². The Morgan fingerprint density at radius 1 is 1.37 bits per heavy atom. The average molecular weight is 261 g/mol. The number of ether oxygens (including phenoxy) is 1. The van der Waals surface area contributed by atoms with Crippen molar-refractivity contribution in [2.24, 2.45) is 11.8 Å². The van der Waals surface area contributed by atoms with E-state index < -0.39 is 0 Å². The summed E-state index contributed by atoms with van der Waals surface area (Å²) in [6.07, 6.45) is 5.12. The van der Waals surface area contributed by atoms with Crippen molar-refractivity contribution >= 4 is 11.5 Å². The molecule has 1 atom stereocenters. The third-order valence-corrected chi connectivity index (χ3v) is 4.01. The van der Waals surface area contributed by atoms with Crippen LogP contribution in [0.3, 0.4) is 0 Å². The number of nitrogens with two attached hydrogens (primary N) is 1. The Morgan fingerprint density at radius 2 is 2.21 bits per heavy atom. The van der Waals surface area contributed by atoms with Crippen LogP contribution < -0.4 is 15.4 Å². The molecule has 104 valence electrons. The van der Waals surface area contributed by atoms with Gasteiger partial charge >= 0.3 is 0 Å². The third kappa shape index (κ3) is 3.11. The van der Waals surface area contributed by atoms with E-state index in [0.717, 1.165) is 37.4 Å². The molecule has 1 unspecified atom stereocenters. The monoisotopic (exact) mass is 261 g/mol. The first-order valence-electron chi connectivity index (χ1n) is 7.36. The normalized spacial score (nSPS) is 23.4. The van der Waals surface area contributed by atoms with Gasteiger partial charge in [0.1, 0.15) is 5.82 Å². The lowest BCUT2D eigenvalue weighted by molar-refractivity contribution is 0.290. The molecule has 3 rings (SSSR count). The lowest BCUT2D eigenvalue weighted by Gasteiger charge is -2.32. The first kappa shape index (κ1) is 12.6. The fourth-order valence-corrected chi connectivity index (χ4v) is 2.61. The van der Waals surface area contributed by atoms with E-state index in [1.807, 2.05) is 12.1 Å². The minimum atomic E-state index is 0.614. The number of anilines is 2. The van der Waals surface area contributed by atoms with Crippen molar-refractivity contribution < 1.29 is 4.74 Å². The fourth-order valence-electron chi connectivity index (χ4n) is 2.61. The first-order valence-corrected chi connectivity index (χ1v) is 7.36. The van der Waals surface area contributed by atoms with Gasteiger partial charge in [0.15, 0.2) is 0 Å². The van der Waals surface area contributed by atoms with Gasteiger partial charge in [0.2, 0.25) is 5.88 Å². The number of aromatic nitrogens is 1. The molecule has 2 N–H and O–H groups in total. The zero-order valence-electron chi connectivity index (χ0n) is 11.6. The van der Waals surface area contributed by atoms with Crippen molar-refractivity contribution in [2.45, 2.75) is 32.6 Å². The predicted molar refractivity (Wildman–Crippen MR) is 77.5 cm³/mol. The van der Waals surface area contributed by atoms with Crippen LogP contribution in [0.5, 0.6) is 5.88 Å². The molecule has 1 aliphatic heterocycles. The van der Waals surface area contributed by atoms with Crippen LogP contribution in [0.2, 0.25) is 0 Å². The Labute approximate surface area is 115 Å². The minimum absolute atomic E-state index is 0.614. The van der Waals surface area contributed by atoms with Crippen molar-refractivity contribution in [2.75, 3.05) is 30.3 Å². The number of nitrogens with zero attached hydrogens (tertiary/aromatic N) is 2. The van der Waals surface area contributed by atoms with Gasteiger partial charge in [-0.05, 0) is 49.7 Å². The van der Waals surface area contributed by atoms with Crippen molar-refractivity contribution in [3.05, 3.63) is 12.1 Å². The maximum absolute atomic E-state index is 5.95. The second-order valence-electron chi connectivity index (χ2n) is 6.01. The van der Waals surface area contributed by atoms with E-state index in [9.17, 15) is 0 Å². The molecule has 1 saturated heterocycles. The second kappa shape index (κ2) is 5.27. The number of nitrogen functional groups attached to an aromatic ring is 1. The van der Waals surface area contributed by atoms with Crippen LogP contribution in [0.25, 0.3) is 0 Å². The molecule has 4 heteroatoms. The summed E-state index contributed by atoms with van der Waals surface area (Å²) in [5, 5.41) is 0. The number of pyridine rings is 1. The van der Waals surface area contributed by atoms with Crippen LogP contribution in [0.4, 0.5) is 11.5 Å². The van der Waals surface area contributed by atoms with E-state index in [2.05, 4.69) is 16.8 Å². The van der Waals surface area contributed by atoms with E-state index in [-0.39, 0.29) is 0 Å². The lowest BCUT2D eigenvalue weighted by Crippen LogP contribution is -2.34. The zero-order chi connectivity index (χ0) is 13.2. The average Bonchev–Trinajstić information content (AvgIpc) is 3.22. The van der Waals surface area contributed by atoms with Gasteiger partial charge in [0.05, 0.1) is 12.3 Å². The highest BCUT2D eigenvalue weighted by Gasteiger charge is 2.23. The molecule has 2 aliphatic rings. The highest BCUT2D eigenvalue weighted by molar-refractivity contribution is 5.54. The standard InChI is InChI=1S/C15H23N3O/c1-11-3-2-8-18(9-11)14-7-6-13(16)15(17-14)19-10-12-4-5-12/h6-7,11-12H,2-5,8-10,16H2,1H3. The number of piperidine rings is 1. The number of hydrogen-bond acceptors (Lipinski definition) is 4. The molecule has 0 radical (unpaired) electrons. The van der Waals surface area contributed by atoms with Gasteiger partial charge in [-0.25, -0.2) is 0 Å². The summed E-state index contributed by atoms with van der Waals surface area (Å²) in [7, 11) is 0. The molecule has 4 nitrogen and oxygen atoms in total. The van der Waals surface area contributed by atoms with E-state index in [1.165, 1.54) is 25.7 Å². The van der Waals surface area contributed by atoms with Crippen LogP contribution in [-0.4, -0.2) is 24.7 Å². The molecule has 2 heterocycles. The summed E-state index contributed by atoms with van der Waals surface area (Å²) in [6, 6.07) is 3.93. The molecular weight excluding hydrogens is 238 g/mol. The Morgan fingerprint density at radius 3 is 2.95 bits per heavy atom. The van der Waals surface area contributed by atoms with E-state index in [1.54, 1.807) is 0 Å². The number of hydrogen-bond donors (Lipinski definition) is 1. The predicted octanol–water partition coefficient (Wildman–Crippen LogP) is 2.69. The van der Waals surface area contributed by atoms with Crippen LogP contribution in [0, 0.1) is 11.8 Å². The topological polar surface area (TPSA) is 51.4 Å². The van der Waals surface area contributed by atoms with E-state index in [0.29, 0.717) is 11.6 Å². The van der Waals surface area contributed by atoms with Gasteiger partial charge in [-0.1, -0.05) is 6.92 Å². The molecule has 2 fully saturated rings. The maximum atomic E-state index is 5.95. The first-order chi connectivity index (χ1) is 9.22. The van der Waals surface area contributed by atoms with E-state index >= 15 is 0 Å². The van der Waals surface area contributed by atoms with Gasteiger partial charge in [0.25, 0.3) is 0 Å². The zero-order valence-corrected chi connectivity index (χ0v) is 11.6. The largest absolute Gasteiger partial charge is 0.476 e. The van der Waals surface area contributed by atoms with Crippen LogP contribution in [-0.2, 0) is 0 Å². The van der Waals surface area contributed by atoms with Crippen molar-refractivity contribution in [3.63, 3.8) is 0 Å². The van der Waals surface area contributed by atoms with Crippen LogP contribution >= 0.6 is 0 Å². The Balaban J connectivity index is 1.71. The van der Waals surface area contributed by atoms with E-state index in [4.69, 9.17) is 10.5 Å². The molecule has 1 aromatic heterocycles. The van der Waals surface area contributed by atoms with Crippen LogP contribution in [0.15, 0.2) is 12.1 Å². The highest BCUT2D eigenvalue weighted by Crippen LogP contribution is 2.31. The summed E-state index contributed by atoms with van der Waals surface area (Å²) in [4.78, 5) is 6.95. The summed E-state index contributed by atoms with van der Waals surface area (Å²) in [5.74, 6) is 3.08. The molecular formula is C15H23N3O. The fraction of sp³-hybridized carbons (Fsp3) is 0.667. The Hall–Kier alpha value is -1.45. The third-order valence-electron chi connectivity index (χ3n) is 4.01. The van der Waals surface area contributed by atoms with Gasteiger partial charge in [-0.15, -0.1) is 0 Å². The Bertz CT molecular complexity index is 445. The maximum Gasteiger partial charge on any atom is 0.239 e. The summed E-state index contributed by atoms with van der Waals surface area (Å²) in [5.41, 5.74) is 6.59. The molecule has 0 bridgehead atoms. The minimum Gasteiger partial charge on any atom is -0.476 e. The summed E-state index contributed by atoms with van der Waals surface area (Å²) in [6.45, 7) is 5.23. The SMILES string of the molecule is CC1CCCN(c2ccc(N)c(OCC3CC3)n2)C1. The molecule has 0 spiro atoms. The van der Waals surface area contributed by atoms with Crippen molar-refractivity contribution in [1.82, 2.24) is 4.98 Å². The van der Waals surface area contributed by atoms with Crippen LogP contribution in [0.1, 0.15) is 32.6 Å². The molecule has 0 amide bonds. The van der Waals surface area contributed by atoms with Gasteiger partial charge < -0.3 is 15.4 Å². The quantitative estimate of drug-likeness (QED) is 0.905. The summed E-state index contributed by atoms with van der Waals surface area (Å²) >= 11 is 0. The van der Waals surface area contributed by atoms with Crippen molar-refractivity contribution in [1.29, 1.82) is 0 Å². The molecule has 1 saturated carbocycles.